The number of hydrogen-bond donors (Lipinski definition) is 0. The molecule has 41 heavy (non-hydrogen) atoms. The Hall–Kier alpha value is -5.15. The summed E-state index contributed by atoms with van der Waals surface area (Å²) in [5.41, 5.74) is -4.63. The van der Waals surface area contributed by atoms with Crippen LogP contribution in [0.2, 0.25) is 0 Å². The van der Waals surface area contributed by atoms with Crippen LogP contribution in [0.15, 0.2) is 133 Å². The van der Waals surface area contributed by atoms with Crippen molar-refractivity contribution in [2.24, 2.45) is 0 Å². The number of nitrogens with zero attached hydrogens (tertiary/aromatic N) is 2. The maximum absolute atomic E-state index is 10.0. The minimum absolute atomic E-state index is 0.179. The van der Waals surface area contributed by atoms with Crippen LogP contribution in [0.4, 0.5) is 34.1 Å². The highest BCUT2D eigenvalue weighted by Gasteiger charge is 2.50. The fourth-order valence-electron chi connectivity index (χ4n) is 6.34. The van der Waals surface area contributed by atoms with Crippen molar-refractivity contribution in [3.8, 4) is 11.5 Å². The van der Waals surface area contributed by atoms with Gasteiger partial charge in [-0.3, -0.25) is 0 Å². The second-order valence-corrected chi connectivity index (χ2v) is 9.62. The Bertz CT molecular complexity index is 3240. The Labute approximate surface area is 270 Å². The zero-order valence-electron chi connectivity index (χ0n) is 42.5. The fourth-order valence-corrected chi connectivity index (χ4v) is 6.34. The van der Waals surface area contributed by atoms with Crippen LogP contribution in [0.3, 0.4) is 0 Å². The maximum atomic E-state index is 10.0. The summed E-state index contributed by atoms with van der Waals surface area (Å²) in [6.45, 7) is -3.34. The minimum atomic E-state index is -1.71. The van der Waals surface area contributed by atoms with Crippen LogP contribution in [0.25, 0.3) is 0 Å². The smallest absolute Gasteiger partial charge is 0.256 e. The molecule has 0 unspecified atom stereocenters. The van der Waals surface area contributed by atoms with Gasteiger partial charge in [-0.05, 0) is 69.0 Å². The standard InChI is InChI=1S/C36H22B2N2O/c1-2-12-23(13-3-1)39-28-18-8-4-14-24(28)37-25-15-5-9-19-29(25)40-30-20-10-6-16-26(30)38-27-17-7-11-21-32(27)41-33-22-31(39)34(37)36(40)35(33)38/h1-22H/i1D,2D,3D,4D,5D,6D,7D,8D,9D,10D,11D,12D,13D,14D,15D,16D,17D,18D,19D,20D,21D,22D. The monoisotopic (exact) mass is 542 g/mol. The van der Waals surface area contributed by atoms with Crippen LogP contribution in [0.5, 0.6) is 11.5 Å². The van der Waals surface area contributed by atoms with Gasteiger partial charge < -0.3 is 14.5 Å². The molecule has 0 fully saturated rings. The number of ether oxygens (including phenoxy) is 1. The summed E-state index contributed by atoms with van der Waals surface area (Å²) in [5, 5.41) is 0. The van der Waals surface area contributed by atoms with E-state index in [-0.39, 0.29) is 33.0 Å². The predicted molar refractivity (Wildman–Crippen MR) is 172 cm³/mol. The lowest BCUT2D eigenvalue weighted by atomic mass is 9.29. The van der Waals surface area contributed by atoms with Crippen LogP contribution in [0.1, 0.15) is 30.2 Å². The minimum Gasteiger partial charge on any atom is -0.458 e. The first-order chi connectivity index (χ1) is 29.5. The van der Waals surface area contributed by atoms with Crippen molar-refractivity contribution in [3.63, 3.8) is 0 Å². The van der Waals surface area contributed by atoms with Crippen LogP contribution >= 0.6 is 0 Å². The van der Waals surface area contributed by atoms with E-state index in [4.69, 9.17) is 25.3 Å². The predicted octanol–water partition coefficient (Wildman–Crippen LogP) is 4.70. The highest BCUT2D eigenvalue weighted by atomic mass is 16.5. The molecule has 0 saturated carbocycles. The molecule has 5 heteroatoms. The molecule has 10 rings (SSSR count). The lowest BCUT2D eigenvalue weighted by Crippen LogP contribution is -2.67. The number of anilines is 6. The van der Waals surface area contributed by atoms with Crippen molar-refractivity contribution < 1.29 is 34.9 Å². The summed E-state index contributed by atoms with van der Waals surface area (Å²) in [7, 11) is 0. The quantitative estimate of drug-likeness (QED) is 0.280. The van der Waals surface area contributed by atoms with Crippen molar-refractivity contribution in [2.75, 3.05) is 9.80 Å². The van der Waals surface area contributed by atoms with E-state index in [0.29, 0.717) is 0 Å². The Morgan fingerprint density at radius 1 is 0.463 bits per heavy atom. The average molecular weight is 542 g/mol. The lowest BCUT2D eigenvalue weighted by molar-refractivity contribution is 0.488. The largest absolute Gasteiger partial charge is 0.458 e. The van der Waals surface area contributed by atoms with Gasteiger partial charge in [0.25, 0.3) is 13.4 Å². The van der Waals surface area contributed by atoms with Crippen molar-refractivity contribution in [1.82, 2.24) is 0 Å². The third-order valence-corrected chi connectivity index (χ3v) is 7.77. The molecule has 4 aliphatic rings. The SMILES string of the molecule is [2H]c1c([2H])c([2H])c(N2c3c([2H])c([2H])c([2H])c([2H])c3B3c4c([2H])c([2H])c([2H])c([2H])c4N4c5c([2H])c([2H])c([2H])c([2H])c5B5c6c([2H])c([2H])c([2H])c([2H])c6Oc6c([2H])c2c3c4c65)c([2H])c1[2H]. The summed E-state index contributed by atoms with van der Waals surface area (Å²) < 4.78 is 205. The second-order valence-electron chi connectivity index (χ2n) is 9.62. The maximum Gasteiger partial charge on any atom is 0.256 e. The molecule has 0 radical (unpaired) electrons. The molecule has 3 nitrogen and oxygen atoms in total. The third kappa shape index (κ3) is 2.66. The molecule has 188 valence electrons. The highest BCUT2D eigenvalue weighted by molar-refractivity contribution is 7.04. The van der Waals surface area contributed by atoms with Crippen molar-refractivity contribution >= 4 is 80.3 Å². The van der Waals surface area contributed by atoms with Crippen molar-refractivity contribution in [1.29, 1.82) is 0 Å². The van der Waals surface area contributed by atoms with Gasteiger partial charge in [0.1, 0.15) is 11.5 Å². The molecule has 6 aromatic rings. The van der Waals surface area contributed by atoms with E-state index in [1.54, 1.807) is 0 Å². The topological polar surface area (TPSA) is 15.7 Å². The molecular weight excluding hydrogens is 498 g/mol. The van der Waals surface area contributed by atoms with Crippen LogP contribution in [0, 0.1) is 0 Å². The third-order valence-electron chi connectivity index (χ3n) is 7.77. The zero-order valence-corrected chi connectivity index (χ0v) is 20.5. The summed E-state index contributed by atoms with van der Waals surface area (Å²) in [6.07, 6.45) is 0. The van der Waals surface area contributed by atoms with Gasteiger partial charge in [0.15, 0.2) is 0 Å². The molecule has 0 saturated heterocycles. The molecule has 0 atom stereocenters. The molecule has 6 aromatic carbocycles. The van der Waals surface area contributed by atoms with Crippen LogP contribution in [-0.4, -0.2) is 13.4 Å². The molecule has 0 amide bonds. The lowest BCUT2D eigenvalue weighted by Gasteiger charge is -2.49. The average Bonchev–Trinajstić information content (AvgIpc) is 3.26. The summed E-state index contributed by atoms with van der Waals surface area (Å²) in [6, 6.07) is -17.5. The Kier molecular flexibility index (Phi) is 1.84. The van der Waals surface area contributed by atoms with Gasteiger partial charge in [-0.25, -0.2) is 0 Å². The number of para-hydroxylation sites is 5. The van der Waals surface area contributed by atoms with E-state index in [9.17, 15) is 9.60 Å². The number of rotatable bonds is 1. The summed E-state index contributed by atoms with van der Waals surface area (Å²) in [4.78, 5) is 1.98. The number of benzene rings is 6. The second kappa shape index (κ2) is 7.74. The fraction of sp³-hybridized carbons (Fsp3) is 0. The first-order valence-corrected chi connectivity index (χ1v) is 12.5. The summed E-state index contributed by atoms with van der Waals surface area (Å²) >= 11 is 0. The molecular formula is C36H22B2N2O. The van der Waals surface area contributed by atoms with E-state index in [1.165, 1.54) is 0 Å². The van der Waals surface area contributed by atoms with E-state index >= 15 is 0 Å². The Morgan fingerprint density at radius 3 is 1.63 bits per heavy atom. The van der Waals surface area contributed by atoms with Crippen LogP contribution in [-0.2, 0) is 0 Å². The van der Waals surface area contributed by atoms with E-state index in [1.807, 2.05) is 0 Å². The van der Waals surface area contributed by atoms with E-state index in [2.05, 4.69) is 0 Å². The van der Waals surface area contributed by atoms with Gasteiger partial charge in [0.05, 0.1) is 30.2 Å². The van der Waals surface area contributed by atoms with Crippen molar-refractivity contribution in [2.45, 2.75) is 0 Å². The highest BCUT2D eigenvalue weighted by Crippen LogP contribution is 2.47. The molecule has 0 bridgehead atoms. The van der Waals surface area contributed by atoms with Gasteiger partial charge >= 0.3 is 0 Å². The molecule has 4 aliphatic heterocycles. The normalized spacial score (nSPS) is 21.9. The number of hydrogen-bond acceptors (Lipinski definition) is 3. The molecule has 0 aliphatic carbocycles. The van der Waals surface area contributed by atoms with E-state index < -0.39 is 192 Å². The van der Waals surface area contributed by atoms with E-state index in [0.717, 1.165) is 9.80 Å². The molecule has 0 aromatic heterocycles. The Morgan fingerprint density at radius 2 is 0.976 bits per heavy atom. The zero-order chi connectivity index (χ0) is 45.8. The van der Waals surface area contributed by atoms with Crippen molar-refractivity contribution in [3.05, 3.63) is 133 Å². The first-order valence-electron chi connectivity index (χ1n) is 23.5. The first kappa shape index (κ1) is 9.74. The molecule has 0 spiro atoms. The number of fused-ring (bicyclic) bond motifs is 10. The van der Waals surface area contributed by atoms with Gasteiger partial charge in [0.2, 0.25) is 0 Å². The van der Waals surface area contributed by atoms with Gasteiger partial charge in [-0.1, -0.05) is 90.6 Å². The van der Waals surface area contributed by atoms with Gasteiger partial charge in [-0.2, -0.15) is 0 Å². The van der Waals surface area contributed by atoms with Gasteiger partial charge in [0, 0.05) is 40.2 Å². The summed E-state index contributed by atoms with van der Waals surface area (Å²) in [5.74, 6) is -1.08. The van der Waals surface area contributed by atoms with Crippen LogP contribution < -0.4 is 47.3 Å². The van der Waals surface area contributed by atoms with Gasteiger partial charge in [-0.15, -0.1) is 0 Å². The Balaban J connectivity index is 1.54. The molecule has 4 heterocycles. The molecule has 0 N–H and O–H groups in total.